The Hall–Kier alpha value is -2.24. The monoisotopic (exact) mass is 372 g/mol. The summed E-state index contributed by atoms with van der Waals surface area (Å²) in [5, 5.41) is 0.517. The van der Waals surface area contributed by atoms with Crippen LogP contribution in [0.5, 0.6) is 0 Å². The van der Waals surface area contributed by atoms with Crippen molar-refractivity contribution in [2.24, 2.45) is 0 Å². The number of pyridine rings is 2. The Labute approximate surface area is 152 Å². The van der Waals surface area contributed by atoms with E-state index in [0.717, 1.165) is 28.1 Å². The molecule has 2 aromatic heterocycles. The Kier molecular flexibility index (Phi) is 4.62. The van der Waals surface area contributed by atoms with Crippen molar-refractivity contribution in [2.45, 2.75) is 18.7 Å². The van der Waals surface area contributed by atoms with Gasteiger partial charge in [0.25, 0.3) is 0 Å². The third-order valence-electron chi connectivity index (χ3n) is 3.92. The van der Waals surface area contributed by atoms with Crippen LogP contribution in [0.25, 0.3) is 22.4 Å². The van der Waals surface area contributed by atoms with Crippen molar-refractivity contribution in [3.05, 3.63) is 65.1 Å². The molecule has 6 heteroatoms. The molecular formula is C19H17ClN2O2S. The van der Waals surface area contributed by atoms with E-state index in [4.69, 9.17) is 11.6 Å². The Morgan fingerprint density at radius 2 is 1.64 bits per heavy atom. The average molecular weight is 373 g/mol. The highest BCUT2D eigenvalue weighted by Gasteiger charge is 2.15. The summed E-state index contributed by atoms with van der Waals surface area (Å²) in [5.74, 6) is 0. The molecule has 0 spiro atoms. The third-order valence-corrected chi connectivity index (χ3v) is 5.39. The van der Waals surface area contributed by atoms with Crippen LogP contribution in [0.1, 0.15) is 11.3 Å². The average Bonchev–Trinajstić information content (AvgIpc) is 2.54. The molecule has 0 amide bonds. The van der Waals surface area contributed by atoms with Crippen molar-refractivity contribution < 1.29 is 8.42 Å². The van der Waals surface area contributed by atoms with E-state index in [2.05, 4.69) is 9.97 Å². The van der Waals surface area contributed by atoms with Gasteiger partial charge in [-0.25, -0.2) is 8.42 Å². The number of aryl methyl sites for hydroxylation is 2. The summed E-state index contributed by atoms with van der Waals surface area (Å²) >= 11 is 6.15. The van der Waals surface area contributed by atoms with E-state index < -0.39 is 9.84 Å². The van der Waals surface area contributed by atoms with Crippen molar-refractivity contribution in [1.82, 2.24) is 9.97 Å². The zero-order valence-corrected chi connectivity index (χ0v) is 15.7. The molecule has 128 valence electrons. The molecular weight excluding hydrogens is 356 g/mol. The summed E-state index contributed by atoms with van der Waals surface area (Å²) < 4.78 is 23.7. The van der Waals surface area contributed by atoms with Crippen molar-refractivity contribution in [2.75, 3.05) is 6.26 Å². The van der Waals surface area contributed by atoms with Gasteiger partial charge in [0, 0.05) is 35.5 Å². The molecule has 0 radical (unpaired) electrons. The lowest BCUT2D eigenvalue weighted by atomic mass is 9.99. The van der Waals surface area contributed by atoms with E-state index >= 15 is 0 Å². The molecule has 1 aromatic carbocycles. The lowest BCUT2D eigenvalue weighted by Gasteiger charge is -2.12. The van der Waals surface area contributed by atoms with Gasteiger partial charge in [-0.1, -0.05) is 23.7 Å². The topological polar surface area (TPSA) is 59.9 Å². The van der Waals surface area contributed by atoms with Crippen LogP contribution < -0.4 is 0 Å². The molecule has 0 aliphatic carbocycles. The number of hydrogen-bond acceptors (Lipinski definition) is 4. The molecule has 0 fully saturated rings. The van der Waals surface area contributed by atoms with Gasteiger partial charge in [0.05, 0.1) is 15.6 Å². The predicted molar refractivity (Wildman–Crippen MR) is 100 cm³/mol. The minimum atomic E-state index is -3.26. The maximum absolute atomic E-state index is 11.8. The molecule has 0 saturated carbocycles. The van der Waals surface area contributed by atoms with Crippen LogP contribution in [0, 0.1) is 13.8 Å². The highest BCUT2D eigenvalue weighted by atomic mass is 35.5. The maximum Gasteiger partial charge on any atom is 0.175 e. The fourth-order valence-corrected chi connectivity index (χ4v) is 3.85. The summed E-state index contributed by atoms with van der Waals surface area (Å²) in [4.78, 5) is 9.11. The maximum atomic E-state index is 11.8. The van der Waals surface area contributed by atoms with Crippen LogP contribution in [0.2, 0.25) is 5.02 Å². The summed E-state index contributed by atoms with van der Waals surface area (Å²) in [6.07, 6.45) is 4.57. The Morgan fingerprint density at radius 3 is 2.24 bits per heavy atom. The van der Waals surface area contributed by atoms with Crippen LogP contribution in [0.3, 0.4) is 0 Å². The van der Waals surface area contributed by atoms with Gasteiger partial charge in [-0.3, -0.25) is 9.97 Å². The highest BCUT2D eigenvalue weighted by molar-refractivity contribution is 7.90. The minimum absolute atomic E-state index is 0.324. The van der Waals surface area contributed by atoms with Crippen LogP contribution in [-0.2, 0) is 9.84 Å². The molecule has 0 atom stereocenters. The first-order valence-corrected chi connectivity index (χ1v) is 9.92. The quantitative estimate of drug-likeness (QED) is 0.679. The number of nitrogens with zero attached hydrogens (tertiary/aromatic N) is 2. The van der Waals surface area contributed by atoms with Crippen LogP contribution >= 0.6 is 11.6 Å². The van der Waals surface area contributed by atoms with E-state index in [9.17, 15) is 8.42 Å². The first-order valence-electron chi connectivity index (χ1n) is 7.65. The molecule has 0 N–H and O–H groups in total. The van der Waals surface area contributed by atoms with Crippen LogP contribution in [0.4, 0.5) is 0 Å². The number of rotatable bonds is 3. The molecule has 0 bridgehead atoms. The number of benzene rings is 1. The van der Waals surface area contributed by atoms with Gasteiger partial charge < -0.3 is 0 Å². The van der Waals surface area contributed by atoms with E-state index in [0.29, 0.717) is 15.5 Å². The standard InChI is InChI=1S/C19H17ClN2O2S/c1-12-8-14(6-7-18(12)25(3,23)24)17-9-16(20)11-22-19(17)15-5-4-13(2)21-10-15/h4-11H,1-3H3. The zero-order valence-electron chi connectivity index (χ0n) is 14.1. The molecule has 0 saturated heterocycles. The van der Waals surface area contributed by atoms with E-state index in [1.807, 2.05) is 31.2 Å². The second kappa shape index (κ2) is 6.58. The molecule has 4 nitrogen and oxygen atoms in total. The van der Waals surface area contributed by atoms with Gasteiger partial charge in [0.1, 0.15) is 0 Å². The molecule has 0 unspecified atom stereocenters. The predicted octanol–water partition coefficient (Wildman–Crippen LogP) is 4.48. The first kappa shape index (κ1) is 17.6. The molecule has 3 rings (SSSR count). The number of aromatic nitrogens is 2. The van der Waals surface area contributed by atoms with Crippen LogP contribution in [0.15, 0.2) is 53.7 Å². The summed E-state index contributed by atoms with van der Waals surface area (Å²) in [7, 11) is -3.26. The summed E-state index contributed by atoms with van der Waals surface area (Å²) in [6, 6.07) is 11.0. The smallest absolute Gasteiger partial charge is 0.175 e. The van der Waals surface area contributed by atoms with E-state index in [-0.39, 0.29) is 0 Å². The SMILES string of the molecule is Cc1ccc(-c2ncc(Cl)cc2-c2ccc(S(C)(=O)=O)c(C)c2)cn1. The molecule has 2 heterocycles. The summed E-state index contributed by atoms with van der Waals surface area (Å²) in [5.41, 5.74) is 4.93. The summed E-state index contributed by atoms with van der Waals surface area (Å²) in [6.45, 7) is 3.71. The number of sulfone groups is 1. The van der Waals surface area contributed by atoms with Gasteiger partial charge >= 0.3 is 0 Å². The Morgan fingerprint density at radius 1 is 0.920 bits per heavy atom. The lowest BCUT2D eigenvalue weighted by molar-refractivity contribution is 0.601. The molecule has 3 aromatic rings. The Balaban J connectivity index is 2.19. The molecule has 0 aliphatic heterocycles. The fraction of sp³-hybridized carbons (Fsp3) is 0.158. The van der Waals surface area contributed by atoms with Crippen molar-refractivity contribution in [3.8, 4) is 22.4 Å². The van der Waals surface area contributed by atoms with Crippen LogP contribution in [-0.4, -0.2) is 24.6 Å². The second-order valence-corrected chi connectivity index (χ2v) is 8.41. The third kappa shape index (κ3) is 3.72. The largest absolute Gasteiger partial charge is 0.261 e. The number of hydrogen-bond donors (Lipinski definition) is 0. The Bertz CT molecular complexity index is 1050. The van der Waals surface area contributed by atoms with Gasteiger partial charge in [0.15, 0.2) is 9.84 Å². The van der Waals surface area contributed by atoms with Gasteiger partial charge in [0.2, 0.25) is 0 Å². The van der Waals surface area contributed by atoms with E-state index in [1.165, 1.54) is 6.26 Å². The van der Waals surface area contributed by atoms with Gasteiger partial charge in [-0.2, -0.15) is 0 Å². The van der Waals surface area contributed by atoms with Crippen molar-refractivity contribution >= 4 is 21.4 Å². The van der Waals surface area contributed by atoms with Gasteiger partial charge in [-0.05, 0) is 49.2 Å². The van der Waals surface area contributed by atoms with Crippen molar-refractivity contribution in [1.29, 1.82) is 0 Å². The first-order chi connectivity index (χ1) is 11.8. The lowest BCUT2D eigenvalue weighted by Crippen LogP contribution is -2.00. The second-order valence-electron chi connectivity index (χ2n) is 5.99. The van der Waals surface area contributed by atoms with Crippen molar-refractivity contribution in [3.63, 3.8) is 0 Å². The molecule has 25 heavy (non-hydrogen) atoms. The normalized spacial score (nSPS) is 11.5. The minimum Gasteiger partial charge on any atom is -0.261 e. The fourth-order valence-electron chi connectivity index (χ4n) is 2.73. The molecule has 0 aliphatic rings. The number of halogens is 1. The zero-order chi connectivity index (χ0) is 18.2. The van der Waals surface area contributed by atoms with Gasteiger partial charge in [-0.15, -0.1) is 0 Å². The van der Waals surface area contributed by atoms with E-state index in [1.54, 1.807) is 31.5 Å². The highest BCUT2D eigenvalue weighted by Crippen LogP contribution is 2.33.